The number of cyclic esters (lactones) is 1. The average Bonchev–Trinajstić information content (AvgIpc) is 3.58. The Morgan fingerprint density at radius 1 is 1.04 bits per heavy atom. The second-order valence-corrected chi connectivity index (χ2v) is 17.1. The summed E-state index contributed by atoms with van der Waals surface area (Å²) >= 11 is 0. The van der Waals surface area contributed by atoms with Crippen molar-refractivity contribution in [1.82, 2.24) is 24.8 Å². The third kappa shape index (κ3) is 11.3. The van der Waals surface area contributed by atoms with Crippen molar-refractivity contribution >= 4 is 5.97 Å². The predicted molar refractivity (Wildman–Crippen MR) is 206 cm³/mol. The van der Waals surface area contributed by atoms with Crippen LogP contribution in [0, 0.1) is 17.8 Å². The highest BCUT2D eigenvalue weighted by atomic mass is 16.7. The van der Waals surface area contributed by atoms with E-state index in [4.69, 9.17) is 14.2 Å². The number of nitrogens with zero attached hydrogens (tertiary/aromatic N) is 5. The molecule has 2 fully saturated rings. The number of aromatic nitrogens is 3. The van der Waals surface area contributed by atoms with Crippen LogP contribution in [-0.4, -0.2) is 138 Å². The Kier molecular flexibility index (Phi) is 15.6. The molecule has 0 unspecified atom stereocenters. The van der Waals surface area contributed by atoms with E-state index in [1.165, 1.54) is 12.5 Å². The lowest BCUT2D eigenvalue weighted by Gasteiger charge is -2.46. The molecule has 3 heterocycles. The first-order chi connectivity index (χ1) is 25.3. The van der Waals surface area contributed by atoms with E-state index in [0.717, 1.165) is 18.5 Å². The van der Waals surface area contributed by atoms with E-state index < -0.39 is 59.8 Å². The first-order valence-corrected chi connectivity index (χ1v) is 20.0. The molecule has 0 amide bonds. The van der Waals surface area contributed by atoms with Gasteiger partial charge in [-0.05, 0) is 97.7 Å². The average molecular weight is 760 g/mol. The lowest BCUT2D eigenvalue weighted by molar-refractivity contribution is -0.296. The molecule has 13 atom stereocenters. The summed E-state index contributed by atoms with van der Waals surface area (Å²) in [5.74, 6) is -1.49. The number of hydrogen-bond acceptors (Lipinski definition) is 12. The highest BCUT2D eigenvalue weighted by Gasteiger charge is 2.48. The quantitative estimate of drug-likeness (QED) is 0.262. The number of esters is 1. The van der Waals surface area contributed by atoms with Crippen LogP contribution in [0.3, 0.4) is 0 Å². The minimum atomic E-state index is -1.68. The zero-order chi connectivity index (χ0) is 40.0. The lowest BCUT2D eigenvalue weighted by Crippen LogP contribution is -2.59. The van der Waals surface area contributed by atoms with E-state index in [-0.39, 0.29) is 24.0 Å². The fraction of sp³-hybridized carbons (Fsp3) is 0.780. The van der Waals surface area contributed by atoms with Gasteiger partial charge in [0.1, 0.15) is 23.9 Å². The second kappa shape index (κ2) is 19.1. The van der Waals surface area contributed by atoms with E-state index in [1.807, 2.05) is 82.7 Å². The Morgan fingerprint density at radius 2 is 1.72 bits per heavy atom. The van der Waals surface area contributed by atoms with Crippen LogP contribution in [0.15, 0.2) is 36.5 Å². The molecular formula is C41H69N5O8. The third-order valence-corrected chi connectivity index (χ3v) is 11.9. The van der Waals surface area contributed by atoms with Crippen LogP contribution in [-0.2, 0) is 38.4 Å². The number of benzene rings is 1. The van der Waals surface area contributed by atoms with Gasteiger partial charge in [0.25, 0.3) is 0 Å². The molecule has 0 aliphatic carbocycles. The predicted octanol–water partition coefficient (Wildman–Crippen LogP) is 3.45. The van der Waals surface area contributed by atoms with Crippen molar-refractivity contribution in [3.8, 4) is 0 Å². The molecule has 1 aromatic heterocycles. The van der Waals surface area contributed by atoms with Gasteiger partial charge in [0.05, 0.1) is 36.0 Å². The fourth-order valence-corrected chi connectivity index (χ4v) is 8.64. The molecule has 0 spiro atoms. The summed E-state index contributed by atoms with van der Waals surface area (Å²) < 4.78 is 20.7. The van der Waals surface area contributed by atoms with Crippen LogP contribution in [0.4, 0.5) is 0 Å². The van der Waals surface area contributed by atoms with Gasteiger partial charge in [0.2, 0.25) is 0 Å². The molecule has 1 aromatic carbocycles. The number of rotatable bonds is 10. The minimum Gasteiger partial charge on any atom is -0.459 e. The van der Waals surface area contributed by atoms with Crippen LogP contribution < -0.4 is 0 Å². The molecule has 4 N–H and O–H groups in total. The van der Waals surface area contributed by atoms with Gasteiger partial charge in [-0.2, -0.15) is 0 Å². The first-order valence-electron chi connectivity index (χ1n) is 20.0. The van der Waals surface area contributed by atoms with Crippen LogP contribution in [0.2, 0.25) is 0 Å². The molecule has 2 saturated heterocycles. The Balaban J connectivity index is 1.48. The van der Waals surface area contributed by atoms with Crippen molar-refractivity contribution in [2.24, 2.45) is 17.8 Å². The third-order valence-electron chi connectivity index (χ3n) is 11.9. The van der Waals surface area contributed by atoms with Gasteiger partial charge in [-0.1, -0.05) is 63.2 Å². The molecule has 2 aliphatic rings. The molecule has 13 nitrogen and oxygen atoms in total. The van der Waals surface area contributed by atoms with Crippen molar-refractivity contribution in [3.63, 3.8) is 0 Å². The topological polar surface area (TPSA) is 163 Å². The van der Waals surface area contributed by atoms with Crippen molar-refractivity contribution < 1.29 is 39.4 Å². The maximum Gasteiger partial charge on any atom is 0.309 e. The first kappa shape index (κ1) is 44.2. The van der Waals surface area contributed by atoms with Crippen LogP contribution >= 0.6 is 0 Å². The summed E-state index contributed by atoms with van der Waals surface area (Å²) in [6.45, 7) is 16.3. The molecule has 306 valence electrons. The molecule has 4 rings (SSSR count). The maximum absolute atomic E-state index is 13.5. The summed E-state index contributed by atoms with van der Waals surface area (Å²) in [5, 5.41) is 55.5. The molecule has 0 bridgehead atoms. The fourth-order valence-electron chi connectivity index (χ4n) is 8.64. The van der Waals surface area contributed by atoms with Crippen molar-refractivity contribution in [2.75, 3.05) is 27.2 Å². The molecule has 54 heavy (non-hydrogen) atoms. The number of hydrogen-bond donors (Lipinski definition) is 4. The van der Waals surface area contributed by atoms with E-state index in [9.17, 15) is 25.2 Å². The van der Waals surface area contributed by atoms with E-state index >= 15 is 0 Å². The van der Waals surface area contributed by atoms with Gasteiger partial charge >= 0.3 is 5.97 Å². The summed E-state index contributed by atoms with van der Waals surface area (Å²) in [4.78, 5) is 17.5. The van der Waals surface area contributed by atoms with E-state index in [1.54, 1.807) is 13.8 Å². The number of likely N-dealkylation sites (N-methyl/N-ethyl adjacent to an activating group) is 2. The van der Waals surface area contributed by atoms with Gasteiger partial charge in [-0.3, -0.25) is 14.4 Å². The zero-order valence-corrected chi connectivity index (χ0v) is 34.3. The monoisotopic (exact) mass is 760 g/mol. The number of carbonyl (C=O) groups is 1. The van der Waals surface area contributed by atoms with Gasteiger partial charge < -0.3 is 39.5 Å². The zero-order valence-electron chi connectivity index (χ0n) is 34.3. The summed E-state index contributed by atoms with van der Waals surface area (Å²) in [6, 6.07) is 9.56. The van der Waals surface area contributed by atoms with E-state index in [0.29, 0.717) is 45.3 Å². The van der Waals surface area contributed by atoms with Crippen LogP contribution in [0.25, 0.3) is 0 Å². The van der Waals surface area contributed by atoms with Crippen molar-refractivity contribution in [2.45, 2.75) is 161 Å². The van der Waals surface area contributed by atoms with Gasteiger partial charge in [0.15, 0.2) is 6.29 Å². The molecule has 13 heteroatoms. The van der Waals surface area contributed by atoms with Crippen molar-refractivity contribution in [1.29, 1.82) is 0 Å². The van der Waals surface area contributed by atoms with Crippen LogP contribution in [0.1, 0.15) is 92.3 Å². The Morgan fingerprint density at radius 3 is 2.39 bits per heavy atom. The van der Waals surface area contributed by atoms with Gasteiger partial charge in [-0.25, -0.2) is 0 Å². The molecule has 0 radical (unpaired) electrons. The van der Waals surface area contributed by atoms with Gasteiger partial charge in [-0.15, -0.1) is 5.10 Å². The lowest BCUT2D eigenvalue weighted by atomic mass is 9.79. The largest absolute Gasteiger partial charge is 0.459 e. The Hall–Kier alpha value is -2.49. The van der Waals surface area contributed by atoms with Crippen LogP contribution in [0.5, 0.6) is 0 Å². The molecular weight excluding hydrogens is 690 g/mol. The minimum absolute atomic E-state index is 0.0454. The highest BCUT2D eigenvalue weighted by Crippen LogP contribution is 2.36. The number of carbonyl (C=O) groups excluding carboxylic acids is 1. The molecule has 2 aromatic rings. The number of ether oxygens (including phenoxy) is 3. The standard InChI is InChI=1S/C41H69N5O8/c1-11-34-41(8,51)36(48)30(6)45(10)24-26(2)23-40(7,50)37(27(3)21-28(4)38(49)53-34)54-39-35(47)33(22-29(5)52-39)44(9)19-20-46-25-32(42-43-46)18-17-31-15-13-12-14-16-31/h12-16,25-30,33-37,39,47-48,50-51H,11,17-24H2,1-10H3/t26-,27+,28-,29-,30-,33+,34-,35-,36-,37-,39+,40-,41-/m1/s1. The summed E-state index contributed by atoms with van der Waals surface area (Å²) in [6.07, 6.45) is 0.0759. The molecule has 2 aliphatic heterocycles. The smallest absolute Gasteiger partial charge is 0.309 e. The number of aliphatic hydroxyl groups excluding tert-OH is 2. The molecule has 0 saturated carbocycles. The maximum atomic E-state index is 13.5. The Labute approximate surface area is 323 Å². The highest BCUT2D eigenvalue weighted by molar-refractivity contribution is 5.72. The summed E-state index contributed by atoms with van der Waals surface area (Å²) in [7, 11) is 3.85. The summed E-state index contributed by atoms with van der Waals surface area (Å²) in [5.41, 5.74) is -0.865. The van der Waals surface area contributed by atoms with Gasteiger partial charge in [0, 0.05) is 31.4 Å². The van der Waals surface area contributed by atoms with Crippen molar-refractivity contribution in [3.05, 3.63) is 47.8 Å². The van der Waals surface area contributed by atoms with E-state index in [2.05, 4.69) is 27.3 Å². The number of aryl methyl sites for hydroxylation is 2. The second-order valence-electron chi connectivity index (χ2n) is 17.1. The number of aliphatic hydroxyl groups is 4. The SMILES string of the molecule is CC[C@H]1OC(=O)[C@H](C)C[C@H](C)[C@@H](O[C@@H]2O[C@H](C)C[C@H](N(C)CCn3cc(CCc4ccccc4)nn3)[C@H]2O)[C@](C)(O)C[C@@H](C)CN(C)[C@H](C)[C@@H](O)[C@]1(C)O. The Bertz CT molecular complexity index is 1440. The normalized spacial score (nSPS) is 38.1.